The van der Waals surface area contributed by atoms with E-state index in [4.69, 9.17) is 0 Å². The molecule has 0 saturated heterocycles. The minimum atomic E-state index is -0.177. The smallest absolute Gasteiger partial charge is 0.146 e. The number of nitrogens with one attached hydrogen (secondary N) is 1. The van der Waals surface area contributed by atoms with Crippen LogP contribution in [0, 0.1) is 5.82 Å². The maximum absolute atomic E-state index is 13.5. The number of anilines is 1. The summed E-state index contributed by atoms with van der Waals surface area (Å²) in [4.78, 5) is 4.08. The second-order valence-corrected chi connectivity index (χ2v) is 3.96. The highest BCUT2D eigenvalue weighted by molar-refractivity contribution is 5.58. The Morgan fingerprint density at radius 2 is 2.19 bits per heavy atom. The van der Waals surface area contributed by atoms with Crippen LogP contribution < -0.4 is 5.32 Å². The highest BCUT2D eigenvalue weighted by Crippen LogP contribution is 2.35. The molecule has 0 amide bonds. The van der Waals surface area contributed by atoms with Crippen LogP contribution in [0.5, 0.6) is 0 Å². The first-order valence-electron chi connectivity index (χ1n) is 5.28. The summed E-state index contributed by atoms with van der Waals surface area (Å²) in [7, 11) is 0. The lowest BCUT2D eigenvalue weighted by Gasteiger charge is -2.10. The fourth-order valence-corrected chi connectivity index (χ4v) is 2.13. The molecule has 0 fully saturated rings. The molecule has 16 heavy (non-hydrogen) atoms. The molecule has 0 bridgehead atoms. The Morgan fingerprint density at radius 1 is 1.25 bits per heavy atom. The molecule has 2 heterocycles. The van der Waals surface area contributed by atoms with Gasteiger partial charge in [-0.1, -0.05) is 18.2 Å². The molecular weight excluding hydrogens is 203 g/mol. The standard InChI is InChI=1S/C13H11FN2/c14-11-5-1-3-9-7-12(16-13(9)11)10-4-2-6-15-8-10/h1-6,8,12,16H,7H2. The van der Waals surface area contributed by atoms with E-state index in [0.717, 1.165) is 17.5 Å². The van der Waals surface area contributed by atoms with E-state index in [1.807, 2.05) is 24.4 Å². The van der Waals surface area contributed by atoms with Gasteiger partial charge in [-0.3, -0.25) is 4.98 Å². The van der Waals surface area contributed by atoms with Crippen molar-refractivity contribution in [1.82, 2.24) is 4.98 Å². The maximum atomic E-state index is 13.5. The molecule has 0 spiro atoms. The van der Waals surface area contributed by atoms with Crippen molar-refractivity contribution in [2.45, 2.75) is 12.5 Å². The Kier molecular flexibility index (Phi) is 2.10. The zero-order chi connectivity index (χ0) is 11.0. The molecule has 1 N–H and O–H groups in total. The van der Waals surface area contributed by atoms with Crippen LogP contribution in [0.1, 0.15) is 17.2 Å². The molecule has 1 aliphatic heterocycles. The summed E-state index contributed by atoms with van der Waals surface area (Å²) in [6.45, 7) is 0. The monoisotopic (exact) mass is 214 g/mol. The number of halogens is 1. The number of nitrogens with zero attached hydrogens (tertiary/aromatic N) is 1. The van der Waals surface area contributed by atoms with Crippen molar-refractivity contribution >= 4 is 5.69 Å². The Balaban J connectivity index is 1.94. The predicted molar refractivity (Wildman–Crippen MR) is 60.7 cm³/mol. The summed E-state index contributed by atoms with van der Waals surface area (Å²) < 4.78 is 13.5. The first kappa shape index (κ1) is 9.33. The fraction of sp³-hybridized carbons (Fsp3) is 0.154. The Bertz CT molecular complexity index is 511. The number of rotatable bonds is 1. The average molecular weight is 214 g/mol. The lowest BCUT2D eigenvalue weighted by atomic mass is 10.0. The molecule has 1 atom stereocenters. The quantitative estimate of drug-likeness (QED) is 0.789. The predicted octanol–water partition coefficient (Wildman–Crippen LogP) is 2.93. The summed E-state index contributed by atoms with van der Waals surface area (Å²) in [5, 5.41) is 3.20. The Morgan fingerprint density at radius 3 is 2.94 bits per heavy atom. The van der Waals surface area contributed by atoms with Crippen molar-refractivity contribution in [2.75, 3.05) is 5.32 Å². The van der Waals surface area contributed by atoms with Gasteiger partial charge in [-0.15, -0.1) is 0 Å². The zero-order valence-corrected chi connectivity index (χ0v) is 8.65. The number of fused-ring (bicyclic) bond motifs is 1. The van der Waals surface area contributed by atoms with E-state index in [1.54, 1.807) is 12.3 Å². The van der Waals surface area contributed by atoms with Gasteiger partial charge in [0.2, 0.25) is 0 Å². The molecule has 1 aliphatic rings. The topological polar surface area (TPSA) is 24.9 Å². The summed E-state index contributed by atoms with van der Waals surface area (Å²) in [5.41, 5.74) is 2.77. The van der Waals surface area contributed by atoms with Crippen LogP contribution in [-0.2, 0) is 6.42 Å². The number of hydrogen-bond acceptors (Lipinski definition) is 2. The van der Waals surface area contributed by atoms with Gasteiger partial charge in [0.05, 0.1) is 11.7 Å². The minimum Gasteiger partial charge on any atom is -0.375 e. The SMILES string of the molecule is Fc1cccc2c1NC(c1cccnc1)C2. The first-order chi connectivity index (χ1) is 7.84. The van der Waals surface area contributed by atoms with E-state index in [0.29, 0.717) is 5.69 Å². The molecule has 2 nitrogen and oxygen atoms in total. The minimum absolute atomic E-state index is 0.139. The van der Waals surface area contributed by atoms with Crippen molar-refractivity contribution in [3.8, 4) is 0 Å². The van der Waals surface area contributed by atoms with Crippen LogP contribution in [0.15, 0.2) is 42.7 Å². The third-order valence-electron chi connectivity index (χ3n) is 2.93. The van der Waals surface area contributed by atoms with Gasteiger partial charge in [-0.2, -0.15) is 0 Å². The number of aromatic nitrogens is 1. The van der Waals surface area contributed by atoms with Gasteiger partial charge in [-0.25, -0.2) is 4.39 Å². The molecule has 1 unspecified atom stereocenters. The van der Waals surface area contributed by atoms with Crippen molar-refractivity contribution < 1.29 is 4.39 Å². The normalized spacial score (nSPS) is 17.9. The Hall–Kier alpha value is -1.90. The van der Waals surface area contributed by atoms with Crippen LogP contribution in [0.4, 0.5) is 10.1 Å². The molecular formula is C13H11FN2. The highest BCUT2D eigenvalue weighted by atomic mass is 19.1. The van der Waals surface area contributed by atoms with E-state index in [2.05, 4.69) is 10.3 Å². The van der Waals surface area contributed by atoms with Crippen LogP contribution in [-0.4, -0.2) is 4.98 Å². The summed E-state index contributed by atoms with van der Waals surface area (Å²) in [5.74, 6) is -0.177. The lowest BCUT2D eigenvalue weighted by molar-refractivity contribution is 0.630. The average Bonchev–Trinajstić information content (AvgIpc) is 2.76. The van der Waals surface area contributed by atoms with E-state index in [-0.39, 0.29) is 11.9 Å². The molecule has 0 aliphatic carbocycles. The van der Waals surface area contributed by atoms with Crippen LogP contribution in [0.25, 0.3) is 0 Å². The summed E-state index contributed by atoms with van der Waals surface area (Å²) in [6, 6.07) is 9.24. The van der Waals surface area contributed by atoms with Gasteiger partial charge < -0.3 is 5.32 Å². The van der Waals surface area contributed by atoms with Crippen molar-refractivity contribution in [3.63, 3.8) is 0 Å². The third-order valence-corrected chi connectivity index (χ3v) is 2.93. The first-order valence-corrected chi connectivity index (χ1v) is 5.28. The highest BCUT2D eigenvalue weighted by Gasteiger charge is 2.24. The van der Waals surface area contributed by atoms with Gasteiger partial charge >= 0.3 is 0 Å². The van der Waals surface area contributed by atoms with Gasteiger partial charge in [0, 0.05) is 12.4 Å². The second-order valence-electron chi connectivity index (χ2n) is 3.96. The largest absolute Gasteiger partial charge is 0.375 e. The molecule has 80 valence electrons. The van der Waals surface area contributed by atoms with E-state index in [1.165, 1.54) is 6.07 Å². The molecule has 3 heteroatoms. The molecule has 2 aromatic rings. The van der Waals surface area contributed by atoms with E-state index in [9.17, 15) is 4.39 Å². The van der Waals surface area contributed by atoms with Crippen LogP contribution in [0.2, 0.25) is 0 Å². The molecule has 0 radical (unpaired) electrons. The van der Waals surface area contributed by atoms with E-state index >= 15 is 0 Å². The van der Waals surface area contributed by atoms with Crippen LogP contribution >= 0.6 is 0 Å². The van der Waals surface area contributed by atoms with Gasteiger partial charge in [0.1, 0.15) is 5.82 Å². The molecule has 0 saturated carbocycles. The second kappa shape index (κ2) is 3.59. The molecule has 3 rings (SSSR count). The number of benzene rings is 1. The fourth-order valence-electron chi connectivity index (χ4n) is 2.13. The van der Waals surface area contributed by atoms with Crippen molar-refractivity contribution in [1.29, 1.82) is 0 Å². The van der Waals surface area contributed by atoms with Gasteiger partial charge in [-0.05, 0) is 29.7 Å². The number of hydrogen-bond donors (Lipinski definition) is 1. The molecule has 1 aromatic heterocycles. The van der Waals surface area contributed by atoms with E-state index < -0.39 is 0 Å². The van der Waals surface area contributed by atoms with Gasteiger partial charge in [0.15, 0.2) is 0 Å². The van der Waals surface area contributed by atoms with Gasteiger partial charge in [0.25, 0.3) is 0 Å². The van der Waals surface area contributed by atoms with Crippen LogP contribution in [0.3, 0.4) is 0 Å². The zero-order valence-electron chi connectivity index (χ0n) is 8.65. The summed E-state index contributed by atoms with van der Waals surface area (Å²) in [6.07, 6.45) is 4.38. The van der Waals surface area contributed by atoms with Crippen molar-refractivity contribution in [2.24, 2.45) is 0 Å². The summed E-state index contributed by atoms with van der Waals surface area (Å²) >= 11 is 0. The number of pyridine rings is 1. The van der Waals surface area contributed by atoms with Crippen molar-refractivity contribution in [3.05, 3.63) is 59.7 Å². The lowest BCUT2D eigenvalue weighted by Crippen LogP contribution is -2.06. The molecule has 1 aromatic carbocycles. The third kappa shape index (κ3) is 1.45. The number of para-hydroxylation sites is 1. The maximum Gasteiger partial charge on any atom is 0.146 e. The Labute approximate surface area is 93.1 Å².